The van der Waals surface area contributed by atoms with Crippen molar-refractivity contribution in [3.8, 4) is 5.75 Å². The molecule has 9 heteroatoms. The number of hydrogen-bond acceptors (Lipinski definition) is 7. The van der Waals surface area contributed by atoms with E-state index in [9.17, 15) is 19.2 Å². The van der Waals surface area contributed by atoms with Gasteiger partial charge in [0.2, 0.25) is 6.41 Å². The van der Waals surface area contributed by atoms with Gasteiger partial charge in [-0.2, -0.15) is 0 Å². The van der Waals surface area contributed by atoms with Crippen molar-refractivity contribution in [2.24, 2.45) is 0 Å². The van der Waals surface area contributed by atoms with Crippen LogP contribution in [0.3, 0.4) is 0 Å². The summed E-state index contributed by atoms with van der Waals surface area (Å²) < 4.78 is 9.55. The molecule has 1 amide bonds. The summed E-state index contributed by atoms with van der Waals surface area (Å²) in [5.41, 5.74) is 0.0692. The monoisotopic (exact) mass is 327 g/mol. The highest BCUT2D eigenvalue weighted by atomic mass is 32.2. The van der Waals surface area contributed by atoms with E-state index < -0.39 is 23.3 Å². The lowest BCUT2D eigenvalue weighted by atomic mass is 10.2. The fraction of sp³-hybridized carbons (Fsp3) is 0.231. The van der Waals surface area contributed by atoms with Gasteiger partial charge in [0.1, 0.15) is 17.4 Å². The van der Waals surface area contributed by atoms with Gasteiger partial charge in [0.05, 0.1) is 7.11 Å². The highest BCUT2D eigenvalue weighted by Gasteiger charge is 2.20. The van der Waals surface area contributed by atoms with Gasteiger partial charge in [-0.3, -0.25) is 4.79 Å². The number of aliphatic carboxylic acids is 1. The Bertz CT molecular complexity index is 575. The van der Waals surface area contributed by atoms with E-state index in [1.54, 1.807) is 12.1 Å². The molecule has 0 radical (unpaired) electrons. The van der Waals surface area contributed by atoms with Crippen LogP contribution in [-0.4, -0.2) is 47.7 Å². The summed E-state index contributed by atoms with van der Waals surface area (Å²) in [5.74, 6) is -2.16. The number of carboxylic acid groups (broad SMARTS) is 1. The topological polar surface area (TPSA) is 119 Å². The molecule has 0 fully saturated rings. The van der Waals surface area contributed by atoms with Crippen molar-refractivity contribution in [1.82, 2.24) is 5.32 Å². The van der Waals surface area contributed by atoms with E-state index in [1.165, 1.54) is 19.2 Å². The smallest absolute Gasteiger partial charge is 0.372 e. The fourth-order valence-corrected chi connectivity index (χ4v) is 2.07. The van der Waals surface area contributed by atoms with Crippen LogP contribution in [0, 0.1) is 0 Å². The molecule has 0 aliphatic heterocycles. The van der Waals surface area contributed by atoms with E-state index in [-0.39, 0.29) is 23.5 Å². The molecule has 1 aromatic rings. The molecule has 0 saturated heterocycles. The van der Waals surface area contributed by atoms with E-state index >= 15 is 0 Å². The van der Waals surface area contributed by atoms with Gasteiger partial charge in [-0.1, -0.05) is 12.1 Å². The highest BCUT2D eigenvalue weighted by molar-refractivity contribution is 8.13. The number of esters is 1. The first kappa shape index (κ1) is 17.5. The van der Waals surface area contributed by atoms with Crippen molar-refractivity contribution in [1.29, 1.82) is 0 Å². The maximum absolute atomic E-state index is 11.7. The summed E-state index contributed by atoms with van der Waals surface area (Å²) in [7, 11) is 1.19. The molecule has 1 rings (SSSR count). The number of ether oxygens (including phenoxy) is 2. The minimum atomic E-state index is -1.28. The van der Waals surface area contributed by atoms with Crippen molar-refractivity contribution in [2.75, 3.05) is 12.9 Å². The number of rotatable bonds is 7. The van der Waals surface area contributed by atoms with E-state index in [0.717, 1.165) is 0 Å². The summed E-state index contributed by atoms with van der Waals surface area (Å²) in [4.78, 5) is 44.2. The maximum Gasteiger partial charge on any atom is 0.372 e. The number of benzene rings is 1. The Hall–Kier alpha value is -2.55. The highest BCUT2D eigenvalue weighted by Crippen LogP contribution is 2.21. The molecule has 0 bridgehead atoms. The number of para-hydroxylation sites is 1. The summed E-state index contributed by atoms with van der Waals surface area (Å²) in [5, 5.41) is 10.1. The van der Waals surface area contributed by atoms with Gasteiger partial charge in [0, 0.05) is 5.75 Å². The lowest BCUT2D eigenvalue weighted by Crippen LogP contribution is -2.38. The number of amides is 1. The number of thioether (sulfide) groups is 1. The maximum atomic E-state index is 11.7. The molecule has 2 N–H and O–H groups in total. The van der Waals surface area contributed by atoms with Crippen LogP contribution in [0.5, 0.6) is 5.75 Å². The summed E-state index contributed by atoms with van der Waals surface area (Å²) in [6.45, 7) is 0. The minimum Gasteiger partial charge on any atom is -0.480 e. The first-order valence-corrected chi connectivity index (χ1v) is 6.92. The normalized spacial score (nSPS) is 11.1. The zero-order valence-corrected chi connectivity index (χ0v) is 12.3. The Morgan fingerprint density at radius 2 is 2.05 bits per heavy atom. The van der Waals surface area contributed by atoms with E-state index in [0.29, 0.717) is 11.8 Å². The van der Waals surface area contributed by atoms with Crippen molar-refractivity contribution >= 4 is 35.4 Å². The molecule has 0 spiro atoms. The Kier molecular flexibility index (Phi) is 6.90. The molecular formula is C13H13NO7S. The third-order valence-electron chi connectivity index (χ3n) is 2.42. The van der Waals surface area contributed by atoms with Crippen molar-refractivity contribution in [3.05, 3.63) is 29.8 Å². The summed E-state index contributed by atoms with van der Waals surface area (Å²) in [6.07, 6.45) is 0.233. The van der Waals surface area contributed by atoms with Crippen LogP contribution < -0.4 is 10.1 Å². The Balaban J connectivity index is 2.68. The second-order valence-corrected chi connectivity index (χ2v) is 4.78. The van der Waals surface area contributed by atoms with Gasteiger partial charge >= 0.3 is 17.2 Å². The van der Waals surface area contributed by atoms with Crippen LogP contribution in [0.25, 0.3) is 0 Å². The molecule has 0 aliphatic carbocycles. The van der Waals surface area contributed by atoms with Crippen LogP contribution in [0.1, 0.15) is 10.4 Å². The van der Waals surface area contributed by atoms with Crippen molar-refractivity contribution < 1.29 is 33.8 Å². The number of hydrogen-bond donors (Lipinski definition) is 2. The number of nitrogens with one attached hydrogen (secondary N) is 1. The Morgan fingerprint density at radius 1 is 1.36 bits per heavy atom. The number of carbonyl (C=O) groups is 4. The summed E-state index contributed by atoms with van der Waals surface area (Å²) in [6, 6.07) is 4.75. The molecule has 1 atom stereocenters. The average Bonchev–Trinajstić information content (AvgIpc) is 2.50. The molecule has 0 aromatic heterocycles. The molecule has 0 heterocycles. The van der Waals surface area contributed by atoms with E-state index in [1.807, 2.05) is 0 Å². The first-order valence-electron chi connectivity index (χ1n) is 5.94. The number of carboxylic acids is 1. The standard InChI is InChI=1S/C13H13NO7S/c1-20-12(18)8-4-2-3-5-10(8)21-13(19)22-6-9(11(16)17)14-7-15/h2-5,7,9H,6H2,1H3,(H,14,15)(H,16,17)/t9-/m1/s1. The first-order chi connectivity index (χ1) is 10.5. The predicted molar refractivity (Wildman–Crippen MR) is 76.9 cm³/mol. The average molecular weight is 327 g/mol. The van der Waals surface area contributed by atoms with Gasteiger partial charge in [0.25, 0.3) is 0 Å². The molecular weight excluding hydrogens is 314 g/mol. The lowest BCUT2D eigenvalue weighted by molar-refractivity contribution is -0.139. The van der Waals surface area contributed by atoms with Crippen molar-refractivity contribution in [2.45, 2.75) is 6.04 Å². The van der Waals surface area contributed by atoms with Crippen LogP contribution in [0.4, 0.5) is 4.79 Å². The largest absolute Gasteiger partial charge is 0.480 e. The number of carbonyl (C=O) groups excluding carboxylic acids is 3. The molecule has 0 unspecified atom stereocenters. The third kappa shape index (κ3) is 5.09. The van der Waals surface area contributed by atoms with Crippen LogP contribution >= 0.6 is 11.8 Å². The number of methoxy groups -OCH3 is 1. The zero-order chi connectivity index (χ0) is 16.5. The zero-order valence-electron chi connectivity index (χ0n) is 11.5. The third-order valence-corrected chi connectivity index (χ3v) is 3.24. The van der Waals surface area contributed by atoms with Gasteiger partial charge in [-0.05, 0) is 23.9 Å². The Morgan fingerprint density at radius 3 is 2.64 bits per heavy atom. The second-order valence-electron chi connectivity index (χ2n) is 3.83. The van der Waals surface area contributed by atoms with E-state index in [4.69, 9.17) is 9.84 Å². The van der Waals surface area contributed by atoms with Crippen LogP contribution in [0.15, 0.2) is 24.3 Å². The fourth-order valence-electron chi connectivity index (χ4n) is 1.38. The van der Waals surface area contributed by atoms with Gasteiger partial charge < -0.3 is 19.9 Å². The predicted octanol–water partition coefficient (Wildman–Crippen LogP) is 0.904. The van der Waals surface area contributed by atoms with Gasteiger partial charge in [-0.15, -0.1) is 0 Å². The molecule has 0 aliphatic rings. The van der Waals surface area contributed by atoms with E-state index in [2.05, 4.69) is 10.1 Å². The lowest BCUT2D eigenvalue weighted by Gasteiger charge is -2.11. The molecule has 22 heavy (non-hydrogen) atoms. The van der Waals surface area contributed by atoms with Crippen LogP contribution in [-0.2, 0) is 14.3 Å². The van der Waals surface area contributed by atoms with Gasteiger partial charge in [0.15, 0.2) is 0 Å². The molecule has 0 saturated carbocycles. The molecule has 118 valence electrons. The van der Waals surface area contributed by atoms with Crippen LogP contribution in [0.2, 0.25) is 0 Å². The van der Waals surface area contributed by atoms with Gasteiger partial charge in [-0.25, -0.2) is 14.4 Å². The second kappa shape index (κ2) is 8.67. The Labute approximate surface area is 129 Å². The minimum absolute atomic E-state index is 0.00192. The SMILES string of the molecule is COC(=O)c1ccccc1OC(=O)SC[C@@H](NC=O)C(=O)O. The van der Waals surface area contributed by atoms with Crippen molar-refractivity contribution in [3.63, 3.8) is 0 Å². The molecule has 8 nitrogen and oxygen atoms in total. The quantitative estimate of drug-likeness (QED) is 0.560. The molecule has 1 aromatic carbocycles. The summed E-state index contributed by atoms with van der Waals surface area (Å²) >= 11 is 0.560.